The van der Waals surface area contributed by atoms with Gasteiger partial charge in [-0.25, -0.2) is 0 Å². The minimum Gasteiger partial charge on any atom is -0.494 e. The van der Waals surface area contributed by atoms with Crippen molar-refractivity contribution in [3.63, 3.8) is 0 Å². The Kier molecular flexibility index (Phi) is 7.92. The van der Waals surface area contributed by atoms with Crippen LogP contribution in [0.4, 0.5) is 5.69 Å². The third kappa shape index (κ3) is 5.82. The Labute approximate surface area is 196 Å². The number of imide groups is 1. The molecule has 3 rings (SSSR count). The highest BCUT2D eigenvalue weighted by Gasteiger charge is 2.38. The molecule has 176 valence electrons. The monoisotopic (exact) mass is 450 g/mol. The van der Waals surface area contributed by atoms with Gasteiger partial charge in [-0.2, -0.15) is 0 Å². The second kappa shape index (κ2) is 10.7. The first-order chi connectivity index (χ1) is 15.8. The van der Waals surface area contributed by atoms with Crippen molar-refractivity contribution >= 4 is 23.1 Å². The number of benzene rings is 2. The Hall–Kier alpha value is -3.12. The summed E-state index contributed by atoms with van der Waals surface area (Å²) in [5, 5.41) is 3.22. The molecule has 6 heteroatoms. The van der Waals surface area contributed by atoms with Gasteiger partial charge >= 0.3 is 0 Å². The molecule has 0 atom stereocenters. The molecule has 1 heterocycles. The molecular formula is C27H34N2O4. The van der Waals surface area contributed by atoms with Gasteiger partial charge in [0, 0.05) is 25.4 Å². The van der Waals surface area contributed by atoms with Crippen LogP contribution in [0.1, 0.15) is 52.2 Å². The van der Waals surface area contributed by atoms with Gasteiger partial charge in [-0.1, -0.05) is 45.0 Å². The molecule has 0 saturated carbocycles. The van der Waals surface area contributed by atoms with E-state index in [1.807, 2.05) is 62.4 Å². The van der Waals surface area contributed by atoms with Crippen LogP contribution >= 0.6 is 0 Å². The molecule has 2 aromatic rings. The largest absolute Gasteiger partial charge is 0.494 e. The van der Waals surface area contributed by atoms with Crippen molar-refractivity contribution in [3.8, 4) is 5.75 Å². The van der Waals surface area contributed by atoms with Crippen molar-refractivity contribution in [2.75, 3.05) is 31.7 Å². The molecule has 1 aliphatic rings. The Morgan fingerprint density at radius 3 is 2.12 bits per heavy atom. The standard InChI is InChI=1S/C27H34N2O4/c1-6-32-18-8-17-29-25(30)23(19-9-15-22(16-10-19)33-7-2)24(26(29)31)28-21-13-11-20(12-14-21)27(3,4)5/h9-16,28H,6-8,17-18H2,1-5H3. The van der Waals surface area contributed by atoms with Gasteiger partial charge in [0.05, 0.1) is 12.2 Å². The van der Waals surface area contributed by atoms with Gasteiger partial charge in [-0.15, -0.1) is 0 Å². The fourth-order valence-electron chi connectivity index (χ4n) is 3.71. The van der Waals surface area contributed by atoms with E-state index in [1.54, 1.807) is 0 Å². The lowest BCUT2D eigenvalue weighted by molar-refractivity contribution is -0.137. The van der Waals surface area contributed by atoms with Crippen molar-refractivity contribution in [1.29, 1.82) is 0 Å². The van der Waals surface area contributed by atoms with Gasteiger partial charge in [0.15, 0.2) is 0 Å². The summed E-state index contributed by atoms with van der Waals surface area (Å²) < 4.78 is 10.9. The summed E-state index contributed by atoms with van der Waals surface area (Å²) in [6, 6.07) is 15.2. The maximum atomic E-state index is 13.3. The number of nitrogens with one attached hydrogen (secondary N) is 1. The van der Waals surface area contributed by atoms with Crippen LogP contribution in [0.3, 0.4) is 0 Å². The van der Waals surface area contributed by atoms with Gasteiger partial charge in [-0.3, -0.25) is 14.5 Å². The third-order valence-electron chi connectivity index (χ3n) is 5.52. The highest BCUT2D eigenvalue weighted by atomic mass is 16.5. The third-order valence-corrected chi connectivity index (χ3v) is 5.52. The maximum Gasteiger partial charge on any atom is 0.278 e. The molecule has 0 saturated heterocycles. The number of carbonyl (C=O) groups is 2. The van der Waals surface area contributed by atoms with Crippen molar-refractivity contribution < 1.29 is 19.1 Å². The van der Waals surface area contributed by atoms with E-state index in [4.69, 9.17) is 9.47 Å². The second-order valence-electron chi connectivity index (χ2n) is 8.97. The van der Waals surface area contributed by atoms with E-state index < -0.39 is 0 Å². The molecule has 1 N–H and O–H groups in total. The van der Waals surface area contributed by atoms with Crippen LogP contribution in [0.2, 0.25) is 0 Å². The van der Waals surface area contributed by atoms with E-state index in [-0.39, 0.29) is 17.2 Å². The molecule has 0 unspecified atom stereocenters. The lowest BCUT2D eigenvalue weighted by Gasteiger charge is -2.19. The van der Waals surface area contributed by atoms with E-state index in [1.165, 1.54) is 10.5 Å². The molecule has 0 fully saturated rings. The Bertz CT molecular complexity index is 1000. The van der Waals surface area contributed by atoms with Crippen molar-refractivity contribution in [2.24, 2.45) is 0 Å². The number of nitrogens with zero attached hydrogens (tertiary/aromatic N) is 1. The normalized spacial score (nSPS) is 14.3. The molecule has 0 radical (unpaired) electrons. The quantitative estimate of drug-likeness (QED) is 0.407. The summed E-state index contributed by atoms with van der Waals surface area (Å²) in [6.45, 7) is 12.3. The molecule has 0 bridgehead atoms. The van der Waals surface area contributed by atoms with Gasteiger partial charge < -0.3 is 14.8 Å². The summed E-state index contributed by atoms with van der Waals surface area (Å²) in [4.78, 5) is 27.9. The molecular weight excluding hydrogens is 416 g/mol. The summed E-state index contributed by atoms with van der Waals surface area (Å²) in [5.74, 6) is 0.106. The molecule has 2 amide bonds. The number of carbonyl (C=O) groups excluding carboxylic acids is 2. The number of anilines is 1. The summed E-state index contributed by atoms with van der Waals surface area (Å²) in [7, 11) is 0. The number of hydrogen-bond acceptors (Lipinski definition) is 5. The van der Waals surface area contributed by atoms with E-state index >= 15 is 0 Å². The maximum absolute atomic E-state index is 13.3. The first-order valence-corrected chi connectivity index (χ1v) is 11.5. The SMILES string of the molecule is CCOCCCN1C(=O)C(Nc2ccc(C(C)(C)C)cc2)=C(c2ccc(OCC)cc2)C1=O. The molecule has 0 spiro atoms. The van der Waals surface area contributed by atoms with E-state index in [0.29, 0.717) is 49.6 Å². The Morgan fingerprint density at radius 1 is 0.879 bits per heavy atom. The number of ether oxygens (including phenoxy) is 2. The minimum absolute atomic E-state index is 0.0295. The smallest absolute Gasteiger partial charge is 0.278 e. The zero-order valence-corrected chi connectivity index (χ0v) is 20.2. The fourth-order valence-corrected chi connectivity index (χ4v) is 3.71. The minimum atomic E-state index is -0.319. The zero-order chi connectivity index (χ0) is 24.0. The first-order valence-electron chi connectivity index (χ1n) is 11.5. The average molecular weight is 451 g/mol. The van der Waals surface area contributed by atoms with Crippen molar-refractivity contribution in [3.05, 3.63) is 65.4 Å². The summed E-state index contributed by atoms with van der Waals surface area (Å²) in [6.07, 6.45) is 0.593. The fraction of sp³-hybridized carbons (Fsp3) is 0.407. The predicted octanol–water partition coefficient (Wildman–Crippen LogP) is 5.00. The van der Waals surface area contributed by atoms with Gasteiger partial charge in [0.25, 0.3) is 11.8 Å². The lowest BCUT2D eigenvalue weighted by Crippen LogP contribution is -2.34. The number of amides is 2. The number of hydrogen-bond donors (Lipinski definition) is 1. The van der Waals surface area contributed by atoms with Crippen LogP contribution in [-0.2, 0) is 19.7 Å². The molecule has 0 aliphatic carbocycles. The van der Waals surface area contributed by atoms with Gasteiger partial charge in [-0.05, 0) is 61.1 Å². The van der Waals surface area contributed by atoms with Crippen LogP contribution < -0.4 is 10.1 Å². The molecule has 2 aromatic carbocycles. The second-order valence-corrected chi connectivity index (χ2v) is 8.97. The predicted molar refractivity (Wildman–Crippen MR) is 131 cm³/mol. The topological polar surface area (TPSA) is 67.9 Å². The molecule has 33 heavy (non-hydrogen) atoms. The molecule has 0 aromatic heterocycles. The molecule has 1 aliphatic heterocycles. The van der Waals surface area contributed by atoms with Gasteiger partial charge in [0.2, 0.25) is 0 Å². The van der Waals surface area contributed by atoms with Crippen LogP contribution in [0.25, 0.3) is 5.57 Å². The summed E-state index contributed by atoms with van der Waals surface area (Å²) in [5.41, 5.74) is 3.34. The molecule has 6 nitrogen and oxygen atoms in total. The van der Waals surface area contributed by atoms with Crippen LogP contribution in [0.5, 0.6) is 5.75 Å². The lowest BCUT2D eigenvalue weighted by atomic mass is 9.87. The van der Waals surface area contributed by atoms with Crippen LogP contribution in [-0.4, -0.2) is 43.1 Å². The van der Waals surface area contributed by atoms with E-state index in [0.717, 1.165) is 11.4 Å². The van der Waals surface area contributed by atoms with E-state index in [2.05, 4.69) is 26.1 Å². The van der Waals surface area contributed by atoms with Gasteiger partial charge in [0.1, 0.15) is 11.4 Å². The van der Waals surface area contributed by atoms with Crippen molar-refractivity contribution in [2.45, 2.75) is 46.5 Å². The highest BCUT2D eigenvalue weighted by molar-refractivity contribution is 6.36. The average Bonchev–Trinajstić information content (AvgIpc) is 3.01. The first kappa shape index (κ1) is 24.5. The van der Waals surface area contributed by atoms with Crippen LogP contribution in [0, 0.1) is 0 Å². The zero-order valence-electron chi connectivity index (χ0n) is 20.2. The Morgan fingerprint density at radius 2 is 1.55 bits per heavy atom. The summed E-state index contributed by atoms with van der Waals surface area (Å²) >= 11 is 0. The van der Waals surface area contributed by atoms with Crippen LogP contribution in [0.15, 0.2) is 54.2 Å². The Balaban J connectivity index is 1.92. The van der Waals surface area contributed by atoms with Crippen molar-refractivity contribution in [1.82, 2.24) is 4.90 Å². The highest BCUT2D eigenvalue weighted by Crippen LogP contribution is 2.32. The number of rotatable bonds is 10. The van der Waals surface area contributed by atoms with E-state index in [9.17, 15) is 9.59 Å².